The van der Waals surface area contributed by atoms with Crippen molar-refractivity contribution in [3.63, 3.8) is 0 Å². The van der Waals surface area contributed by atoms with E-state index in [1.54, 1.807) is 35.2 Å². The number of anilines is 1. The van der Waals surface area contributed by atoms with Crippen molar-refractivity contribution in [2.75, 3.05) is 18.0 Å². The van der Waals surface area contributed by atoms with Crippen LogP contribution in [-0.2, 0) is 20.6 Å². The largest absolute Gasteiger partial charge is 0.349 e. The lowest BCUT2D eigenvalue weighted by Crippen LogP contribution is -2.40. The lowest BCUT2D eigenvalue weighted by atomic mass is 10.2. The van der Waals surface area contributed by atoms with Crippen LogP contribution in [0.4, 0.5) is 5.13 Å². The first-order valence-electron chi connectivity index (χ1n) is 10.2. The molecule has 1 saturated heterocycles. The van der Waals surface area contributed by atoms with Crippen molar-refractivity contribution in [2.45, 2.75) is 38.8 Å². The normalized spacial score (nSPS) is 16.5. The highest BCUT2D eigenvalue weighted by atomic mass is 32.1. The summed E-state index contributed by atoms with van der Waals surface area (Å²) in [5.41, 5.74) is 0.104. The second-order valence-corrected chi connectivity index (χ2v) is 8.51. The Morgan fingerprint density at radius 2 is 2.10 bits per heavy atom. The number of fused-ring (bicyclic) bond motifs is 1. The number of aryl methyl sites for hydroxylation is 2. The molecule has 30 heavy (non-hydrogen) atoms. The first kappa shape index (κ1) is 20.4. The fourth-order valence-electron chi connectivity index (χ4n) is 4.24. The Labute approximate surface area is 177 Å². The van der Waals surface area contributed by atoms with Crippen LogP contribution in [0.2, 0.25) is 0 Å². The molecule has 0 bridgehead atoms. The molecule has 1 aliphatic heterocycles. The summed E-state index contributed by atoms with van der Waals surface area (Å²) >= 11 is 1.60. The minimum atomic E-state index is -0.403. The van der Waals surface area contributed by atoms with E-state index in [1.807, 2.05) is 12.3 Å². The number of hydrogen-bond acceptors (Lipinski definition) is 6. The molecule has 10 heteroatoms. The second-order valence-electron chi connectivity index (χ2n) is 7.64. The summed E-state index contributed by atoms with van der Waals surface area (Å²) in [7, 11) is 3.08. The van der Waals surface area contributed by atoms with E-state index < -0.39 is 5.69 Å². The monoisotopic (exact) mass is 430 g/mol. The zero-order chi connectivity index (χ0) is 21.4. The molecule has 0 spiro atoms. The fraction of sp³-hybridized carbons (Fsp3) is 0.500. The van der Waals surface area contributed by atoms with Crippen LogP contribution in [0.3, 0.4) is 0 Å². The summed E-state index contributed by atoms with van der Waals surface area (Å²) in [5.74, 6) is -0.236. The first-order valence-corrected chi connectivity index (χ1v) is 11.1. The van der Waals surface area contributed by atoms with Crippen molar-refractivity contribution in [2.24, 2.45) is 14.1 Å². The standard InChI is InChI=1S/C20H26N6O3S/c1-4-8-26-15(11-14-17(26)23(2)20(29)24(3)18(14)28)16(27)22-12-13-6-5-9-25(13)19-21-7-10-30-19/h7,10-11,13H,4-6,8-9,12H2,1-3H3,(H,22,27)/t13-/m0/s1. The Kier molecular flexibility index (Phi) is 5.50. The van der Waals surface area contributed by atoms with E-state index in [9.17, 15) is 14.4 Å². The van der Waals surface area contributed by atoms with Crippen LogP contribution in [0, 0.1) is 0 Å². The van der Waals surface area contributed by atoms with Gasteiger partial charge in [0.1, 0.15) is 11.3 Å². The summed E-state index contributed by atoms with van der Waals surface area (Å²) in [6.07, 6.45) is 4.62. The third-order valence-corrected chi connectivity index (χ3v) is 6.52. The zero-order valence-electron chi connectivity index (χ0n) is 17.4. The SMILES string of the molecule is CCCn1c(C(=O)NC[C@@H]2CCCN2c2nccs2)cc2c(=O)n(C)c(=O)n(C)c21. The second kappa shape index (κ2) is 8.10. The van der Waals surface area contributed by atoms with Crippen LogP contribution in [-0.4, -0.2) is 43.7 Å². The van der Waals surface area contributed by atoms with Crippen LogP contribution in [0.5, 0.6) is 0 Å². The Morgan fingerprint density at radius 1 is 1.30 bits per heavy atom. The summed E-state index contributed by atoms with van der Waals surface area (Å²) in [4.78, 5) is 44.7. The number of aromatic nitrogens is 4. The molecule has 0 radical (unpaired) electrons. The van der Waals surface area contributed by atoms with E-state index in [0.717, 1.165) is 35.5 Å². The number of hydrogen-bond donors (Lipinski definition) is 1. The molecule has 1 N–H and O–H groups in total. The van der Waals surface area contributed by atoms with Gasteiger partial charge >= 0.3 is 5.69 Å². The minimum Gasteiger partial charge on any atom is -0.349 e. The van der Waals surface area contributed by atoms with Gasteiger partial charge in [0.2, 0.25) is 0 Å². The molecule has 0 aromatic carbocycles. The van der Waals surface area contributed by atoms with Crippen molar-refractivity contribution in [1.82, 2.24) is 24.0 Å². The van der Waals surface area contributed by atoms with Crippen molar-refractivity contribution in [1.29, 1.82) is 0 Å². The highest BCUT2D eigenvalue weighted by Crippen LogP contribution is 2.27. The number of rotatable bonds is 6. The summed E-state index contributed by atoms with van der Waals surface area (Å²) in [6, 6.07) is 1.80. The third kappa shape index (κ3) is 3.34. The highest BCUT2D eigenvalue weighted by Gasteiger charge is 2.27. The summed E-state index contributed by atoms with van der Waals surface area (Å²) in [6.45, 7) is 3.98. The highest BCUT2D eigenvalue weighted by molar-refractivity contribution is 7.13. The van der Waals surface area contributed by atoms with Gasteiger partial charge in [0.15, 0.2) is 5.13 Å². The molecule has 0 saturated carbocycles. The molecule has 0 unspecified atom stereocenters. The number of nitrogens with one attached hydrogen (secondary N) is 1. The molecule has 4 rings (SSSR count). The van der Waals surface area contributed by atoms with Crippen molar-refractivity contribution in [3.8, 4) is 0 Å². The van der Waals surface area contributed by atoms with Gasteiger partial charge in [0.05, 0.1) is 5.39 Å². The van der Waals surface area contributed by atoms with Crippen LogP contribution in [0.15, 0.2) is 27.2 Å². The van der Waals surface area contributed by atoms with Crippen molar-refractivity contribution < 1.29 is 4.79 Å². The molecule has 1 fully saturated rings. The molecule has 3 aromatic heterocycles. The maximum Gasteiger partial charge on any atom is 0.332 e. The molecule has 3 aromatic rings. The Bertz CT molecular complexity index is 1190. The number of carbonyl (C=O) groups is 1. The summed E-state index contributed by atoms with van der Waals surface area (Å²) in [5, 5.41) is 6.35. The lowest BCUT2D eigenvalue weighted by Gasteiger charge is -2.24. The van der Waals surface area contributed by atoms with E-state index in [4.69, 9.17) is 0 Å². The average molecular weight is 431 g/mol. The third-order valence-electron chi connectivity index (χ3n) is 5.72. The van der Waals surface area contributed by atoms with E-state index >= 15 is 0 Å². The van der Waals surface area contributed by atoms with Gasteiger partial charge in [0, 0.05) is 51.3 Å². The molecule has 4 heterocycles. The maximum atomic E-state index is 13.1. The number of amides is 1. The van der Waals surface area contributed by atoms with Gasteiger partial charge in [0.25, 0.3) is 11.5 Å². The van der Waals surface area contributed by atoms with Gasteiger partial charge in [-0.05, 0) is 25.3 Å². The topological polar surface area (TPSA) is 94.2 Å². The molecular formula is C20H26N6O3S. The smallest absolute Gasteiger partial charge is 0.332 e. The molecular weight excluding hydrogens is 404 g/mol. The predicted octanol–water partition coefficient (Wildman–Crippen LogP) is 1.30. The van der Waals surface area contributed by atoms with Crippen LogP contribution in [0.25, 0.3) is 11.0 Å². The van der Waals surface area contributed by atoms with Gasteiger partial charge in [-0.25, -0.2) is 9.78 Å². The van der Waals surface area contributed by atoms with E-state index in [-0.39, 0.29) is 17.5 Å². The maximum absolute atomic E-state index is 13.1. The lowest BCUT2D eigenvalue weighted by molar-refractivity contribution is 0.0942. The molecule has 1 aliphatic rings. The number of carbonyl (C=O) groups excluding carboxylic acids is 1. The quantitative estimate of drug-likeness (QED) is 0.636. The van der Waals surface area contributed by atoms with Gasteiger partial charge < -0.3 is 14.8 Å². The van der Waals surface area contributed by atoms with E-state index in [1.165, 1.54) is 11.6 Å². The Morgan fingerprint density at radius 3 is 2.80 bits per heavy atom. The number of nitrogens with zero attached hydrogens (tertiary/aromatic N) is 5. The van der Waals surface area contributed by atoms with Gasteiger partial charge in [-0.2, -0.15) is 0 Å². The molecule has 160 valence electrons. The number of thiazole rings is 1. The van der Waals surface area contributed by atoms with Crippen molar-refractivity contribution in [3.05, 3.63) is 44.2 Å². The first-order chi connectivity index (χ1) is 14.4. The van der Waals surface area contributed by atoms with E-state index in [2.05, 4.69) is 15.2 Å². The van der Waals surface area contributed by atoms with Crippen LogP contribution < -0.4 is 21.5 Å². The van der Waals surface area contributed by atoms with Crippen LogP contribution in [0.1, 0.15) is 36.7 Å². The van der Waals surface area contributed by atoms with Crippen molar-refractivity contribution >= 4 is 33.4 Å². The molecule has 1 amide bonds. The minimum absolute atomic E-state index is 0.196. The Hall–Kier alpha value is -2.88. The van der Waals surface area contributed by atoms with Gasteiger partial charge in [-0.15, -0.1) is 11.3 Å². The zero-order valence-corrected chi connectivity index (χ0v) is 18.2. The van der Waals surface area contributed by atoms with Crippen LogP contribution >= 0.6 is 11.3 Å². The molecule has 0 aliphatic carbocycles. The fourth-order valence-corrected chi connectivity index (χ4v) is 4.98. The molecule has 1 atom stereocenters. The summed E-state index contributed by atoms with van der Waals surface area (Å²) < 4.78 is 4.29. The van der Waals surface area contributed by atoms with E-state index in [0.29, 0.717) is 29.8 Å². The Balaban J connectivity index is 1.64. The van der Waals surface area contributed by atoms with Gasteiger partial charge in [-0.1, -0.05) is 6.92 Å². The average Bonchev–Trinajstić information content (AvgIpc) is 3.48. The molecule has 9 nitrogen and oxygen atoms in total. The van der Waals surface area contributed by atoms with Gasteiger partial charge in [-0.3, -0.25) is 18.7 Å². The predicted molar refractivity (Wildman–Crippen MR) is 118 cm³/mol.